The lowest BCUT2D eigenvalue weighted by molar-refractivity contribution is 0.340. The standard InChI is InChI=1S/C16H18N2O/c1-2-19-15-8-5-9-17-16(15)18-14-10-12-6-3-4-7-13(12)11-14/h3-9,14H,2,10-11H2,1H3,(H,17,18). The van der Waals surface area contributed by atoms with E-state index in [9.17, 15) is 0 Å². The third-order valence-corrected chi connectivity index (χ3v) is 3.46. The lowest BCUT2D eigenvalue weighted by Crippen LogP contribution is -2.20. The van der Waals surface area contributed by atoms with Crippen molar-refractivity contribution in [2.24, 2.45) is 0 Å². The summed E-state index contributed by atoms with van der Waals surface area (Å²) in [5.41, 5.74) is 2.88. The molecule has 1 heterocycles. The molecule has 1 N–H and O–H groups in total. The lowest BCUT2D eigenvalue weighted by atomic mass is 10.1. The van der Waals surface area contributed by atoms with Gasteiger partial charge in [-0.05, 0) is 43.0 Å². The zero-order valence-electron chi connectivity index (χ0n) is 11.1. The Hall–Kier alpha value is -2.03. The van der Waals surface area contributed by atoms with Crippen molar-refractivity contribution in [3.63, 3.8) is 0 Å². The van der Waals surface area contributed by atoms with Gasteiger partial charge in [0.05, 0.1) is 6.61 Å². The van der Waals surface area contributed by atoms with Crippen LogP contribution in [-0.2, 0) is 12.8 Å². The van der Waals surface area contributed by atoms with Crippen molar-refractivity contribution in [3.8, 4) is 5.75 Å². The number of ether oxygens (including phenoxy) is 1. The largest absolute Gasteiger partial charge is 0.490 e. The van der Waals surface area contributed by atoms with Crippen molar-refractivity contribution in [2.75, 3.05) is 11.9 Å². The Kier molecular flexibility index (Phi) is 3.36. The Morgan fingerprint density at radius 2 is 1.89 bits per heavy atom. The second kappa shape index (κ2) is 5.31. The van der Waals surface area contributed by atoms with Crippen molar-refractivity contribution in [1.82, 2.24) is 4.98 Å². The van der Waals surface area contributed by atoms with Gasteiger partial charge in [0.15, 0.2) is 11.6 Å². The zero-order valence-corrected chi connectivity index (χ0v) is 11.1. The van der Waals surface area contributed by atoms with E-state index in [1.165, 1.54) is 11.1 Å². The van der Waals surface area contributed by atoms with Gasteiger partial charge in [0.25, 0.3) is 0 Å². The van der Waals surface area contributed by atoms with Crippen molar-refractivity contribution in [2.45, 2.75) is 25.8 Å². The highest BCUT2D eigenvalue weighted by molar-refractivity contribution is 5.51. The maximum atomic E-state index is 5.60. The predicted molar refractivity (Wildman–Crippen MR) is 76.7 cm³/mol. The highest BCUT2D eigenvalue weighted by Gasteiger charge is 2.21. The van der Waals surface area contributed by atoms with Crippen molar-refractivity contribution in [3.05, 3.63) is 53.7 Å². The van der Waals surface area contributed by atoms with Gasteiger partial charge in [0.1, 0.15) is 0 Å². The molecule has 3 nitrogen and oxygen atoms in total. The summed E-state index contributed by atoms with van der Waals surface area (Å²) in [6, 6.07) is 12.9. The van der Waals surface area contributed by atoms with Gasteiger partial charge < -0.3 is 10.1 Å². The molecule has 2 aromatic rings. The molecule has 98 valence electrons. The van der Waals surface area contributed by atoms with Gasteiger partial charge in [0.2, 0.25) is 0 Å². The van der Waals surface area contributed by atoms with E-state index in [2.05, 4.69) is 34.6 Å². The Balaban J connectivity index is 1.74. The summed E-state index contributed by atoms with van der Waals surface area (Å²) < 4.78 is 5.60. The van der Waals surface area contributed by atoms with Gasteiger partial charge in [-0.15, -0.1) is 0 Å². The summed E-state index contributed by atoms with van der Waals surface area (Å²) in [6.45, 7) is 2.65. The highest BCUT2D eigenvalue weighted by atomic mass is 16.5. The molecule has 3 rings (SSSR count). The minimum absolute atomic E-state index is 0.409. The van der Waals surface area contributed by atoms with E-state index in [0.29, 0.717) is 12.6 Å². The number of hydrogen-bond donors (Lipinski definition) is 1. The molecule has 3 heteroatoms. The van der Waals surface area contributed by atoms with Crippen LogP contribution in [0.1, 0.15) is 18.1 Å². The Morgan fingerprint density at radius 3 is 2.58 bits per heavy atom. The Morgan fingerprint density at radius 1 is 1.16 bits per heavy atom. The first-order valence-electron chi connectivity index (χ1n) is 6.78. The number of hydrogen-bond acceptors (Lipinski definition) is 3. The SMILES string of the molecule is CCOc1cccnc1NC1Cc2ccccc2C1. The number of fused-ring (bicyclic) bond motifs is 1. The first-order valence-corrected chi connectivity index (χ1v) is 6.78. The summed E-state index contributed by atoms with van der Waals surface area (Å²) in [5, 5.41) is 3.51. The third kappa shape index (κ3) is 2.55. The number of aromatic nitrogens is 1. The van der Waals surface area contributed by atoms with E-state index in [1.54, 1.807) is 6.20 Å². The van der Waals surface area contributed by atoms with E-state index in [-0.39, 0.29) is 0 Å². The quantitative estimate of drug-likeness (QED) is 0.910. The first kappa shape index (κ1) is 12.0. The number of pyridine rings is 1. The fourth-order valence-electron chi connectivity index (χ4n) is 2.63. The molecular formula is C16H18N2O. The van der Waals surface area contributed by atoms with Gasteiger partial charge in [-0.3, -0.25) is 0 Å². The molecule has 0 fully saturated rings. The number of nitrogens with one attached hydrogen (secondary N) is 1. The molecule has 0 aliphatic heterocycles. The molecule has 1 aliphatic carbocycles. The molecule has 0 amide bonds. The molecule has 1 aliphatic rings. The van der Waals surface area contributed by atoms with Crippen LogP contribution in [-0.4, -0.2) is 17.6 Å². The minimum Gasteiger partial charge on any atom is -0.490 e. The van der Waals surface area contributed by atoms with Gasteiger partial charge in [-0.1, -0.05) is 24.3 Å². The van der Waals surface area contributed by atoms with E-state index in [4.69, 9.17) is 4.74 Å². The van der Waals surface area contributed by atoms with Crippen LogP contribution in [0.3, 0.4) is 0 Å². The maximum Gasteiger partial charge on any atom is 0.168 e. The van der Waals surface area contributed by atoms with Crippen LogP contribution in [0, 0.1) is 0 Å². The number of rotatable bonds is 4. The van der Waals surface area contributed by atoms with E-state index < -0.39 is 0 Å². The molecule has 0 bridgehead atoms. The number of benzene rings is 1. The average Bonchev–Trinajstić information content (AvgIpc) is 2.83. The Labute approximate surface area is 113 Å². The summed E-state index contributed by atoms with van der Waals surface area (Å²) in [4.78, 5) is 4.39. The van der Waals surface area contributed by atoms with Crippen LogP contribution in [0.2, 0.25) is 0 Å². The molecule has 19 heavy (non-hydrogen) atoms. The average molecular weight is 254 g/mol. The van der Waals surface area contributed by atoms with Crippen molar-refractivity contribution < 1.29 is 4.74 Å². The molecular weight excluding hydrogens is 236 g/mol. The van der Waals surface area contributed by atoms with Gasteiger partial charge >= 0.3 is 0 Å². The van der Waals surface area contributed by atoms with E-state index in [0.717, 1.165) is 24.4 Å². The molecule has 0 unspecified atom stereocenters. The molecule has 0 saturated carbocycles. The molecule has 0 atom stereocenters. The Bertz CT molecular complexity index is 543. The second-order valence-electron chi connectivity index (χ2n) is 4.80. The molecule has 1 aromatic carbocycles. The van der Waals surface area contributed by atoms with Crippen molar-refractivity contribution >= 4 is 5.82 Å². The summed E-state index contributed by atoms with van der Waals surface area (Å²) in [7, 11) is 0. The van der Waals surface area contributed by atoms with Crippen LogP contribution < -0.4 is 10.1 Å². The van der Waals surface area contributed by atoms with Crippen LogP contribution in [0.15, 0.2) is 42.6 Å². The zero-order chi connectivity index (χ0) is 13.1. The smallest absolute Gasteiger partial charge is 0.168 e. The van der Waals surface area contributed by atoms with E-state index >= 15 is 0 Å². The van der Waals surface area contributed by atoms with Crippen LogP contribution in [0.4, 0.5) is 5.82 Å². The minimum atomic E-state index is 0.409. The van der Waals surface area contributed by atoms with Gasteiger partial charge in [-0.25, -0.2) is 4.98 Å². The molecule has 0 radical (unpaired) electrons. The van der Waals surface area contributed by atoms with Gasteiger partial charge in [-0.2, -0.15) is 0 Å². The monoisotopic (exact) mass is 254 g/mol. The van der Waals surface area contributed by atoms with Crippen LogP contribution in [0.25, 0.3) is 0 Å². The topological polar surface area (TPSA) is 34.1 Å². The molecule has 0 spiro atoms. The normalized spacial score (nSPS) is 14.2. The number of anilines is 1. The summed E-state index contributed by atoms with van der Waals surface area (Å²) in [5.74, 6) is 1.68. The third-order valence-electron chi connectivity index (χ3n) is 3.46. The van der Waals surface area contributed by atoms with Gasteiger partial charge in [0, 0.05) is 12.2 Å². The molecule has 1 aromatic heterocycles. The first-order chi connectivity index (χ1) is 9.36. The lowest BCUT2D eigenvalue weighted by Gasteiger charge is -2.15. The highest BCUT2D eigenvalue weighted by Crippen LogP contribution is 2.27. The number of nitrogens with zero attached hydrogens (tertiary/aromatic N) is 1. The fraction of sp³-hybridized carbons (Fsp3) is 0.312. The van der Waals surface area contributed by atoms with Crippen LogP contribution >= 0.6 is 0 Å². The van der Waals surface area contributed by atoms with E-state index in [1.807, 2.05) is 19.1 Å². The molecule has 0 saturated heterocycles. The van der Waals surface area contributed by atoms with Crippen molar-refractivity contribution in [1.29, 1.82) is 0 Å². The fourth-order valence-corrected chi connectivity index (χ4v) is 2.63. The second-order valence-corrected chi connectivity index (χ2v) is 4.80. The summed E-state index contributed by atoms with van der Waals surface area (Å²) >= 11 is 0. The maximum absolute atomic E-state index is 5.60. The van der Waals surface area contributed by atoms with Crippen LogP contribution in [0.5, 0.6) is 5.75 Å². The predicted octanol–water partition coefficient (Wildman–Crippen LogP) is 3.06. The summed E-state index contributed by atoms with van der Waals surface area (Å²) in [6.07, 6.45) is 3.91.